The van der Waals surface area contributed by atoms with Crippen molar-refractivity contribution < 1.29 is 9.53 Å². The summed E-state index contributed by atoms with van der Waals surface area (Å²) >= 11 is 0. The number of carbonyl (C=O) groups excluding carboxylic acids is 1. The predicted molar refractivity (Wildman–Crippen MR) is 142 cm³/mol. The Morgan fingerprint density at radius 3 is 2.31 bits per heavy atom. The molecule has 0 atom stereocenters. The molecule has 0 saturated heterocycles. The van der Waals surface area contributed by atoms with E-state index in [9.17, 15) is 4.79 Å². The number of guanidine groups is 1. The molecule has 0 unspecified atom stereocenters. The number of para-hydroxylation sites is 1. The maximum Gasteiger partial charge on any atom is 0.253 e. The first kappa shape index (κ1) is 27.7. The van der Waals surface area contributed by atoms with Gasteiger partial charge in [-0.25, -0.2) is 4.99 Å². The van der Waals surface area contributed by atoms with Gasteiger partial charge in [0.1, 0.15) is 12.4 Å². The number of likely N-dealkylation sites (N-methyl/N-ethyl adjacent to an activating group) is 1. The highest BCUT2D eigenvalue weighted by Crippen LogP contribution is 2.17. The quantitative estimate of drug-likeness (QED) is 0.269. The number of halogens is 1. The van der Waals surface area contributed by atoms with Gasteiger partial charge < -0.3 is 25.2 Å². The van der Waals surface area contributed by atoms with Gasteiger partial charge >= 0.3 is 0 Å². The molecule has 2 aromatic carbocycles. The van der Waals surface area contributed by atoms with E-state index in [1.807, 2.05) is 63.5 Å². The monoisotopic (exact) mass is 553 g/mol. The molecule has 2 N–H and O–H groups in total. The van der Waals surface area contributed by atoms with Crippen LogP contribution in [0.5, 0.6) is 5.75 Å². The van der Waals surface area contributed by atoms with Gasteiger partial charge in [-0.15, -0.1) is 24.0 Å². The summed E-state index contributed by atoms with van der Waals surface area (Å²) in [5.41, 5.74) is 2.80. The van der Waals surface area contributed by atoms with Crippen LogP contribution in [0, 0.1) is 0 Å². The van der Waals surface area contributed by atoms with Gasteiger partial charge in [-0.2, -0.15) is 0 Å². The van der Waals surface area contributed by atoms with Crippen molar-refractivity contribution in [3.05, 3.63) is 65.2 Å². The van der Waals surface area contributed by atoms with Crippen LogP contribution in [-0.2, 0) is 13.1 Å². The van der Waals surface area contributed by atoms with Crippen LogP contribution in [0.25, 0.3) is 0 Å². The van der Waals surface area contributed by atoms with Gasteiger partial charge in [0.25, 0.3) is 5.91 Å². The Bertz CT molecular complexity index is 854. The molecule has 0 bridgehead atoms. The molecule has 0 saturated carbocycles. The van der Waals surface area contributed by atoms with E-state index in [4.69, 9.17) is 4.74 Å². The van der Waals surface area contributed by atoms with Crippen molar-refractivity contribution in [2.24, 2.45) is 4.99 Å². The molecule has 2 rings (SSSR count). The van der Waals surface area contributed by atoms with Crippen LogP contribution in [-0.4, -0.2) is 69.6 Å². The topological polar surface area (TPSA) is 69.2 Å². The van der Waals surface area contributed by atoms with Gasteiger partial charge in [-0.05, 0) is 44.8 Å². The summed E-state index contributed by atoms with van der Waals surface area (Å²) < 4.78 is 5.94. The van der Waals surface area contributed by atoms with E-state index in [0.717, 1.165) is 35.9 Å². The number of nitrogens with zero attached hydrogens (tertiary/aromatic N) is 3. The zero-order valence-corrected chi connectivity index (χ0v) is 22.1. The summed E-state index contributed by atoms with van der Waals surface area (Å²) in [5.74, 6) is 1.62. The molecule has 0 radical (unpaired) electrons. The van der Waals surface area contributed by atoms with Crippen LogP contribution in [0.3, 0.4) is 0 Å². The van der Waals surface area contributed by atoms with Crippen molar-refractivity contribution in [3.63, 3.8) is 0 Å². The molecular weight excluding hydrogens is 517 g/mol. The molecule has 2 aromatic rings. The third kappa shape index (κ3) is 9.44. The fraction of sp³-hybridized carbons (Fsp3) is 0.417. The van der Waals surface area contributed by atoms with Gasteiger partial charge in [0.15, 0.2) is 5.96 Å². The number of aliphatic imine (C=N–C) groups is 1. The zero-order valence-electron chi connectivity index (χ0n) is 19.7. The van der Waals surface area contributed by atoms with E-state index in [1.165, 1.54) is 0 Å². The van der Waals surface area contributed by atoms with E-state index in [0.29, 0.717) is 25.3 Å². The summed E-state index contributed by atoms with van der Waals surface area (Å²) in [5, 5.41) is 6.65. The van der Waals surface area contributed by atoms with Crippen LogP contribution in [0.2, 0.25) is 0 Å². The van der Waals surface area contributed by atoms with Crippen molar-refractivity contribution >= 4 is 35.8 Å². The summed E-state index contributed by atoms with van der Waals surface area (Å²) in [6.07, 6.45) is 0. The lowest BCUT2D eigenvalue weighted by Crippen LogP contribution is -2.36. The zero-order chi connectivity index (χ0) is 22.6. The Morgan fingerprint density at radius 2 is 1.69 bits per heavy atom. The maximum atomic E-state index is 12.0. The van der Waals surface area contributed by atoms with Gasteiger partial charge in [-0.3, -0.25) is 4.79 Å². The first-order valence-corrected chi connectivity index (χ1v) is 10.6. The second-order valence-corrected chi connectivity index (χ2v) is 7.70. The molecule has 176 valence electrons. The van der Waals surface area contributed by atoms with Crippen molar-refractivity contribution in [1.82, 2.24) is 20.4 Å². The summed E-state index contributed by atoms with van der Waals surface area (Å²) in [4.78, 5) is 20.4. The Balaban J connectivity index is 0.00000512. The van der Waals surface area contributed by atoms with Gasteiger partial charge in [0.05, 0.1) is 6.54 Å². The molecule has 1 amide bonds. The van der Waals surface area contributed by atoms with Crippen molar-refractivity contribution in [2.45, 2.75) is 20.0 Å². The smallest absolute Gasteiger partial charge is 0.253 e. The van der Waals surface area contributed by atoms with Crippen molar-refractivity contribution in [2.75, 3.05) is 47.9 Å². The largest absolute Gasteiger partial charge is 0.492 e. The fourth-order valence-electron chi connectivity index (χ4n) is 2.83. The van der Waals surface area contributed by atoms with Crippen molar-refractivity contribution in [1.29, 1.82) is 0 Å². The number of benzene rings is 2. The number of carbonyl (C=O) groups is 1. The van der Waals surface area contributed by atoms with E-state index < -0.39 is 0 Å². The highest BCUT2D eigenvalue weighted by atomic mass is 127. The molecular formula is C24H36IN5O2. The second-order valence-electron chi connectivity index (χ2n) is 7.70. The number of ether oxygens (including phenoxy) is 1. The van der Waals surface area contributed by atoms with Gasteiger partial charge in [0.2, 0.25) is 0 Å². The molecule has 0 aliphatic rings. The fourth-order valence-corrected chi connectivity index (χ4v) is 2.83. The Kier molecular flexibility index (Phi) is 12.7. The lowest BCUT2D eigenvalue weighted by Gasteiger charge is -2.16. The average Bonchev–Trinajstić information content (AvgIpc) is 2.76. The molecule has 8 heteroatoms. The summed E-state index contributed by atoms with van der Waals surface area (Å²) in [6.45, 7) is 5.45. The lowest BCUT2D eigenvalue weighted by atomic mass is 10.1. The van der Waals surface area contributed by atoms with Gasteiger partial charge in [-0.1, -0.05) is 30.3 Å². The van der Waals surface area contributed by atoms with E-state index in [-0.39, 0.29) is 29.9 Å². The Labute approximate surface area is 209 Å². The lowest BCUT2D eigenvalue weighted by molar-refractivity contribution is 0.0827. The first-order valence-electron chi connectivity index (χ1n) is 10.6. The number of rotatable bonds is 10. The van der Waals surface area contributed by atoms with E-state index in [2.05, 4.69) is 26.6 Å². The van der Waals surface area contributed by atoms with Gasteiger partial charge in [0, 0.05) is 44.9 Å². The minimum absolute atomic E-state index is 0. The highest BCUT2D eigenvalue weighted by molar-refractivity contribution is 14.0. The second kappa shape index (κ2) is 14.7. The van der Waals surface area contributed by atoms with Crippen LogP contribution in [0.1, 0.15) is 28.4 Å². The predicted octanol–water partition coefficient (Wildman–Crippen LogP) is 3.20. The number of hydrogen-bond acceptors (Lipinski definition) is 4. The molecule has 0 aliphatic heterocycles. The minimum Gasteiger partial charge on any atom is -0.492 e. The van der Waals surface area contributed by atoms with Crippen LogP contribution in [0.15, 0.2) is 53.5 Å². The molecule has 32 heavy (non-hydrogen) atoms. The number of hydrogen-bond donors (Lipinski definition) is 2. The molecule has 0 heterocycles. The standard InChI is InChI=1S/C24H35N5O2.HI/c1-6-25-24(26-17-19-11-13-20(14-12-19)23(30)29(4)5)27-18-21-9-7-8-10-22(21)31-16-15-28(2)3;/h7-14H,6,15-18H2,1-5H3,(H2,25,26,27);1H. The maximum absolute atomic E-state index is 12.0. The molecule has 0 aromatic heterocycles. The molecule has 0 aliphatic carbocycles. The van der Waals surface area contributed by atoms with Crippen molar-refractivity contribution in [3.8, 4) is 5.75 Å². The Hall–Kier alpha value is -2.33. The molecule has 0 spiro atoms. The van der Waals surface area contributed by atoms with Crippen LogP contribution >= 0.6 is 24.0 Å². The van der Waals surface area contributed by atoms with E-state index in [1.54, 1.807) is 19.0 Å². The SMILES string of the molecule is CCNC(=NCc1ccc(C(=O)N(C)C)cc1)NCc1ccccc1OCCN(C)C.I. The van der Waals surface area contributed by atoms with E-state index >= 15 is 0 Å². The third-order valence-corrected chi connectivity index (χ3v) is 4.59. The molecule has 0 fully saturated rings. The van der Waals surface area contributed by atoms with Crippen LogP contribution in [0.4, 0.5) is 0 Å². The van der Waals surface area contributed by atoms with Crippen LogP contribution < -0.4 is 15.4 Å². The minimum atomic E-state index is -0.00322. The summed E-state index contributed by atoms with van der Waals surface area (Å²) in [7, 11) is 7.56. The third-order valence-electron chi connectivity index (χ3n) is 4.59. The summed E-state index contributed by atoms with van der Waals surface area (Å²) in [6, 6.07) is 15.6. The first-order chi connectivity index (χ1) is 14.9. The normalized spacial score (nSPS) is 11.0. The average molecular weight is 553 g/mol. The molecule has 7 nitrogen and oxygen atoms in total. The Morgan fingerprint density at radius 1 is 1.00 bits per heavy atom. The number of nitrogens with one attached hydrogen (secondary N) is 2. The number of amides is 1. The highest BCUT2D eigenvalue weighted by Gasteiger charge is 2.08.